The van der Waals surface area contributed by atoms with Gasteiger partial charge in [-0.15, -0.1) is 0 Å². The van der Waals surface area contributed by atoms with E-state index in [9.17, 15) is 4.57 Å². The third-order valence-corrected chi connectivity index (χ3v) is 3.96. The zero-order valence-electron chi connectivity index (χ0n) is 10.1. The molecule has 0 amide bonds. The van der Waals surface area contributed by atoms with E-state index in [1.807, 2.05) is 43.3 Å². The molecule has 0 radical (unpaired) electrons. The molecule has 1 unspecified atom stereocenters. The van der Waals surface area contributed by atoms with E-state index in [0.29, 0.717) is 12.8 Å². The van der Waals surface area contributed by atoms with Crippen molar-refractivity contribution in [3.8, 4) is 6.07 Å². The Labute approximate surface area is 102 Å². The molecule has 90 valence electrons. The van der Waals surface area contributed by atoms with E-state index in [-0.39, 0.29) is 0 Å². The minimum atomic E-state index is -2.66. The van der Waals surface area contributed by atoms with E-state index in [1.54, 1.807) is 6.66 Å². The quantitative estimate of drug-likeness (QED) is 0.592. The smallest absolute Gasteiger partial charge is 0.204 e. The fourth-order valence-electron chi connectivity index (χ4n) is 1.58. The summed E-state index contributed by atoms with van der Waals surface area (Å²) in [5.74, 6) is 0. The Morgan fingerprint density at radius 1 is 1.47 bits per heavy atom. The summed E-state index contributed by atoms with van der Waals surface area (Å²) in [4.78, 5) is 0. The molecule has 0 aliphatic carbocycles. The highest BCUT2D eigenvalue weighted by atomic mass is 31.2. The summed E-state index contributed by atoms with van der Waals surface area (Å²) in [6.45, 7) is 3.83. The number of nitriles is 1. The highest BCUT2D eigenvalue weighted by Crippen LogP contribution is 2.45. The molecule has 4 heteroatoms. The largest absolute Gasteiger partial charge is 0.329 e. The van der Waals surface area contributed by atoms with Gasteiger partial charge in [-0.25, -0.2) is 0 Å². The molecule has 0 spiro atoms. The van der Waals surface area contributed by atoms with Gasteiger partial charge in [-0.2, -0.15) is 5.26 Å². The molecule has 1 atom stereocenters. The average molecular weight is 249 g/mol. The van der Waals surface area contributed by atoms with Crippen LogP contribution in [-0.4, -0.2) is 19.4 Å². The maximum Gasteiger partial charge on any atom is 0.204 e. The second-order valence-corrected chi connectivity index (χ2v) is 6.36. The zero-order chi connectivity index (χ0) is 12.7. The van der Waals surface area contributed by atoms with Crippen molar-refractivity contribution in [1.82, 2.24) is 0 Å². The molecule has 0 aliphatic heterocycles. The van der Waals surface area contributed by atoms with Crippen LogP contribution in [0.25, 0.3) is 5.57 Å². The Morgan fingerprint density at radius 2 is 2.12 bits per heavy atom. The van der Waals surface area contributed by atoms with Gasteiger partial charge in [0.05, 0.1) is 18.8 Å². The Kier molecular flexibility index (Phi) is 5.15. The lowest BCUT2D eigenvalue weighted by Crippen LogP contribution is -1.97. The van der Waals surface area contributed by atoms with Crippen molar-refractivity contribution in [1.29, 1.82) is 5.26 Å². The lowest BCUT2D eigenvalue weighted by atomic mass is 10.1. The second-order valence-electron chi connectivity index (χ2n) is 3.75. The Morgan fingerprint density at radius 3 is 2.65 bits per heavy atom. The lowest BCUT2D eigenvalue weighted by molar-refractivity contribution is 0.339. The van der Waals surface area contributed by atoms with Crippen LogP contribution in [0.3, 0.4) is 0 Å². The molecule has 0 N–H and O–H groups in total. The molecule has 1 rings (SSSR count). The van der Waals surface area contributed by atoms with Crippen LogP contribution in [0.15, 0.2) is 36.4 Å². The normalized spacial score (nSPS) is 15.0. The van der Waals surface area contributed by atoms with Crippen molar-refractivity contribution in [2.75, 3.05) is 19.4 Å². The fourth-order valence-corrected chi connectivity index (χ4v) is 3.11. The first-order chi connectivity index (χ1) is 8.09. The van der Waals surface area contributed by atoms with Gasteiger partial charge in [0.2, 0.25) is 7.37 Å². The van der Waals surface area contributed by atoms with Crippen LogP contribution in [0.2, 0.25) is 0 Å². The Bertz CT molecular complexity index is 474. The topological polar surface area (TPSA) is 50.1 Å². The third-order valence-electron chi connectivity index (χ3n) is 2.24. The Balaban J connectivity index is 2.95. The van der Waals surface area contributed by atoms with E-state index in [0.717, 1.165) is 11.1 Å². The highest BCUT2D eigenvalue weighted by Gasteiger charge is 2.18. The molecular formula is C13H16NO2P. The van der Waals surface area contributed by atoms with Gasteiger partial charge in [0.15, 0.2) is 0 Å². The van der Waals surface area contributed by atoms with Crippen LogP contribution in [0.5, 0.6) is 0 Å². The minimum Gasteiger partial charge on any atom is -0.329 e. The van der Waals surface area contributed by atoms with Crippen molar-refractivity contribution in [3.63, 3.8) is 0 Å². The van der Waals surface area contributed by atoms with Crippen molar-refractivity contribution >= 4 is 12.9 Å². The monoisotopic (exact) mass is 249 g/mol. The zero-order valence-corrected chi connectivity index (χ0v) is 11.0. The second kappa shape index (κ2) is 6.39. The summed E-state index contributed by atoms with van der Waals surface area (Å²) in [6, 6.07) is 11.5. The van der Waals surface area contributed by atoms with Crippen LogP contribution < -0.4 is 0 Å². The van der Waals surface area contributed by atoms with Gasteiger partial charge >= 0.3 is 0 Å². The fraction of sp³-hybridized carbons (Fsp3) is 0.308. The minimum absolute atomic E-state index is 0.290. The molecule has 0 bridgehead atoms. The third kappa shape index (κ3) is 4.56. The van der Waals surface area contributed by atoms with Crippen LogP contribution in [0, 0.1) is 11.3 Å². The van der Waals surface area contributed by atoms with Gasteiger partial charge < -0.3 is 4.52 Å². The first kappa shape index (κ1) is 13.7. The molecule has 0 heterocycles. The number of nitrogens with zero attached hydrogens (tertiary/aromatic N) is 1. The van der Waals surface area contributed by atoms with E-state index >= 15 is 0 Å². The number of rotatable bonds is 5. The maximum atomic E-state index is 12.1. The SMILES string of the molecule is CCOP(C)(=O)C/C(=C/C#N)c1ccccc1. The number of benzene rings is 1. The van der Waals surface area contributed by atoms with Crippen molar-refractivity contribution in [2.45, 2.75) is 6.92 Å². The first-order valence-electron chi connectivity index (χ1n) is 5.44. The predicted octanol–water partition coefficient (Wildman–Crippen LogP) is 3.54. The summed E-state index contributed by atoms with van der Waals surface area (Å²) >= 11 is 0. The van der Waals surface area contributed by atoms with Crippen molar-refractivity contribution < 1.29 is 9.09 Å². The van der Waals surface area contributed by atoms with E-state index in [4.69, 9.17) is 9.79 Å². The average Bonchev–Trinajstić information content (AvgIpc) is 2.29. The molecule has 0 saturated carbocycles. The van der Waals surface area contributed by atoms with E-state index < -0.39 is 7.37 Å². The van der Waals surface area contributed by atoms with Gasteiger partial charge in [-0.05, 0) is 18.1 Å². The van der Waals surface area contributed by atoms with Gasteiger partial charge in [0.25, 0.3) is 0 Å². The molecule has 0 saturated heterocycles. The molecule has 0 aliphatic rings. The van der Waals surface area contributed by atoms with Crippen LogP contribution in [0.1, 0.15) is 12.5 Å². The number of hydrogen-bond donors (Lipinski definition) is 0. The molecule has 1 aromatic carbocycles. The van der Waals surface area contributed by atoms with E-state index in [1.165, 1.54) is 6.08 Å². The first-order valence-corrected chi connectivity index (χ1v) is 7.70. The maximum absolute atomic E-state index is 12.1. The van der Waals surface area contributed by atoms with Crippen LogP contribution in [0.4, 0.5) is 0 Å². The van der Waals surface area contributed by atoms with Crippen molar-refractivity contribution in [3.05, 3.63) is 42.0 Å². The summed E-state index contributed by atoms with van der Waals surface area (Å²) in [7, 11) is -2.66. The van der Waals surface area contributed by atoms with Crippen LogP contribution in [-0.2, 0) is 9.09 Å². The molecule has 0 aromatic heterocycles. The van der Waals surface area contributed by atoms with Gasteiger partial charge in [-0.3, -0.25) is 4.57 Å². The molecule has 3 nitrogen and oxygen atoms in total. The number of allylic oxidation sites excluding steroid dienone is 2. The molecule has 17 heavy (non-hydrogen) atoms. The van der Waals surface area contributed by atoms with Gasteiger partial charge in [0.1, 0.15) is 0 Å². The lowest BCUT2D eigenvalue weighted by Gasteiger charge is -2.14. The predicted molar refractivity (Wildman–Crippen MR) is 70.1 cm³/mol. The molecular weight excluding hydrogens is 233 g/mol. The summed E-state index contributed by atoms with van der Waals surface area (Å²) < 4.78 is 17.3. The standard InChI is InChI=1S/C13H16NO2P/c1-3-16-17(2,15)11-13(9-10-14)12-7-5-4-6-8-12/h4-9H,3,11H2,1-2H3/b13-9-. The number of hydrogen-bond acceptors (Lipinski definition) is 3. The Hall–Kier alpha value is -1.36. The van der Waals surface area contributed by atoms with E-state index in [2.05, 4.69) is 0 Å². The summed E-state index contributed by atoms with van der Waals surface area (Å²) in [6.07, 6.45) is 1.73. The van der Waals surface area contributed by atoms with Gasteiger partial charge in [-0.1, -0.05) is 30.3 Å². The molecule has 1 aromatic rings. The van der Waals surface area contributed by atoms with Gasteiger partial charge in [0, 0.05) is 12.7 Å². The molecule has 0 fully saturated rings. The summed E-state index contributed by atoms with van der Waals surface area (Å²) in [5.41, 5.74) is 1.67. The summed E-state index contributed by atoms with van der Waals surface area (Å²) in [5, 5.41) is 8.77. The van der Waals surface area contributed by atoms with Crippen LogP contribution >= 0.6 is 7.37 Å². The van der Waals surface area contributed by atoms with Crippen molar-refractivity contribution in [2.24, 2.45) is 0 Å². The highest BCUT2D eigenvalue weighted by molar-refractivity contribution is 7.58.